The number of hydrogen-bond donors (Lipinski definition) is 2. The van der Waals surface area contributed by atoms with Gasteiger partial charge in [0.15, 0.2) is 0 Å². The van der Waals surface area contributed by atoms with Crippen LogP contribution in [-0.4, -0.2) is 11.5 Å². The molecule has 1 atom stereocenters. The van der Waals surface area contributed by atoms with Gasteiger partial charge < -0.3 is 11.1 Å². The van der Waals surface area contributed by atoms with E-state index in [0.29, 0.717) is 11.6 Å². The minimum atomic E-state index is 0.528. The van der Waals surface area contributed by atoms with Crippen LogP contribution in [0.4, 0.5) is 11.5 Å². The molecular weight excluding hydrogens is 234 g/mol. The number of pyridine rings is 1. The number of nitrogens with one attached hydrogen (secondary N) is 1. The molecule has 1 aromatic heterocycles. The van der Waals surface area contributed by atoms with Crippen molar-refractivity contribution in [2.24, 2.45) is 0 Å². The Bertz CT molecular complexity index is 523. The Morgan fingerprint density at radius 1 is 1.26 bits per heavy atom. The maximum absolute atomic E-state index is 5.92. The molecule has 0 saturated carbocycles. The maximum atomic E-state index is 5.92. The van der Waals surface area contributed by atoms with E-state index < -0.39 is 0 Å². The first-order valence-electron chi connectivity index (χ1n) is 6.68. The molecule has 1 heterocycles. The van der Waals surface area contributed by atoms with Crippen LogP contribution >= 0.6 is 0 Å². The molecular formula is C16H21N3. The van der Waals surface area contributed by atoms with E-state index in [1.807, 2.05) is 25.3 Å². The monoisotopic (exact) mass is 255 g/mol. The summed E-state index contributed by atoms with van der Waals surface area (Å²) in [5.41, 5.74) is 9.09. The SMILES string of the molecule is Cc1cnc(NCCC(C)c2ccccc2)c(N)c1. The Hall–Kier alpha value is -2.03. The molecule has 19 heavy (non-hydrogen) atoms. The van der Waals surface area contributed by atoms with Crippen LogP contribution in [-0.2, 0) is 0 Å². The Morgan fingerprint density at radius 2 is 2.00 bits per heavy atom. The van der Waals surface area contributed by atoms with Crippen molar-refractivity contribution in [3.05, 3.63) is 53.7 Å². The summed E-state index contributed by atoms with van der Waals surface area (Å²) in [7, 11) is 0. The molecule has 0 bridgehead atoms. The van der Waals surface area contributed by atoms with Crippen molar-refractivity contribution in [2.75, 3.05) is 17.6 Å². The molecule has 2 rings (SSSR count). The summed E-state index contributed by atoms with van der Waals surface area (Å²) in [6.07, 6.45) is 2.89. The fraction of sp³-hybridized carbons (Fsp3) is 0.312. The van der Waals surface area contributed by atoms with Gasteiger partial charge in [0.25, 0.3) is 0 Å². The fourth-order valence-corrected chi connectivity index (χ4v) is 2.09. The highest BCUT2D eigenvalue weighted by molar-refractivity contribution is 5.61. The Kier molecular flexibility index (Phi) is 4.39. The predicted octanol–water partition coefficient (Wildman–Crippen LogP) is 3.58. The highest BCUT2D eigenvalue weighted by Gasteiger charge is 2.05. The van der Waals surface area contributed by atoms with Gasteiger partial charge in [0.1, 0.15) is 5.82 Å². The minimum Gasteiger partial charge on any atom is -0.396 e. The van der Waals surface area contributed by atoms with Crippen LogP contribution in [0.5, 0.6) is 0 Å². The van der Waals surface area contributed by atoms with Crippen LogP contribution in [0.3, 0.4) is 0 Å². The van der Waals surface area contributed by atoms with Crippen LogP contribution in [0.25, 0.3) is 0 Å². The molecule has 0 aliphatic rings. The van der Waals surface area contributed by atoms with Gasteiger partial charge in [0, 0.05) is 12.7 Å². The normalized spacial score (nSPS) is 12.1. The molecule has 1 aromatic carbocycles. The number of nitrogens with two attached hydrogens (primary N) is 1. The number of rotatable bonds is 5. The predicted molar refractivity (Wildman–Crippen MR) is 81.4 cm³/mol. The van der Waals surface area contributed by atoms with Crippen molar-refractivity contribution in [1.29, 1.82) is 0 Å². The van der Waals surface area contributed by atoms with Gasteiger partial charge in [-0.15, -0.1) is 0 Å². The number of aryl methyl sites for hydroxylation is 1. The van der Waals surface area contributed by atoms with E-state index in [2.05, 4.69) is 41.5 Å². The lowest BCUT2D eigenvalue weighted by atomic mass is 9.98. The number of nitrogens with zero attached hydrogens (tertiary/aromatic N) is 1. The van der Waals surface area contributed by atoms with Gasteiger partial charge in [-0.1, -0.05) is 37.3 Å². The van der Waals surface area contributed by atoms with E-state index in [-0.39, 0.29) is 0 Å². The summed E-state index contributed by atoms with van der Waals surface area (Å²) in [6.45, 7) is 5.10. The number of hydrogen-bond acceptors (Lipinski definition) is 3. The minimum absolute atomic E-state index is 0.528. The highest BCUT2D eigenvalue weighted by atomic mass is 15.0. The molecule has 0 aliphatic heterocycles. The van der Waals surface area contributed by atoms with Crippen LogP contribution in [0.2, 0.25) is 0 Å². The van der Waals surface area contributed by atoms with E-state index in [0.717, 1.165) is 24.3 Å². The average molecular weight is 255 g/mol. The Balaban J connectivity index is 1.86. The molecule has 0 spiro atoms. The van der Waals surface area contributed by atoms with Gasteiger partial charge >= 0.3 is 0 Å². The zero-order chi connectivity index (χ0) is 13.7. The standard InChI is InChI=1S/C16H21N3/c1-12-10-15(17)16(19-11-12)18-9-8-13(2)14-6-4-3-5-7-14/h3-7,10-11,13H,8-9,17H2,1-2H3,(H,18,19). The first-order valence-corrected chi connectivity index (χ1v) is 6.68. The van der Waals surface area contributed by atoms with E-state index in [1.165, 1.54) is 5.56 Å². The Morgan fingerprint density at radius 3 is 2.68 bits per heavy atom. The van der Waals surface area contributed by atoms with Gasteiger partial charge in [0.05, 0.1) is 5.69 Å². The molecule has 0 fully saturated rings. The van der Waals surface area contributed by atoms with Crippen molar-refractivity contribution in [3.63, 3.8) is 0 Å². The average Bonchev–Trinajstić information content (AvgIpc) is 2.42. The molecule has 0 aliphatic carbocycles. The van der Waals surface area contributed by atoms with Crippen LogP contribution < -0.4 is 11.1 Å². The van der Waals surface area contributed by atoms with Crippen LogP contribution in [0.1, 0.15) is 30.4 Å². The smallest absolute Gasteiger partial charge is 0.149 e. The summed E-state index contributed by atoms with van der Waals surface area (Å²) in [5, 5.41) is 3.30. The lowest BCUT2D eigenvalue weighted by Gasteiger charge is -2.13. The van der Waals surface area contributed by atoms with Gasteiger partial charge in [0.2, 0.25) is 0 Å². The summed E-state index contributed by atoms with van der Waals surface area (Å²) in [6, 6.07) is 12.5. The van der Waals surface area contributed by atoms with Crippen molar-refractivity contribution in [2.45, 2.75) is 26.2 Å². The molecule has 0 radical (unpaired) electrons. The van der Waals surface area contributed by atoms with Crippen molar-refractivity contribution in [3.8, 4) is 0 Å². The van der Waals surface area contributed by atoms with Crippen molar-refractivity contribution in [1.82, 2.24) is 4.98 Å². The van der Waals surface area contributed by atoms with Crippen molar-refractivity contribution < 1.29 is 0 Å². The molecule has 3 heteroatoms. The number of benzene rings is 1. The molecule has 3 nitrogen and oxygen atoms in total. The molecule has 1 unspecified atom stereocenters. The van der Waals surface area contributed by atoms with Gasteiger partial charge in [-0.05, 0) is 36.5 Å². The van der Waals surface area contributed by atoms with Gasteiger partial charge in [-0.2, -0.15) is 0 Å². The second-order valence-corrected chi connectivity index (χ2v) is 4.98. The first-order chi connectivity index (χ1) is 9.16. The Labute approximate surface area is 114 Å². The van der Waals surface area contributed by atoms with Gasteiger partial charge in [-0.3, -0.25) is 0 Å². The zero-order valence-corrected chi connectivity index (χ0v) is 11.6. The lowest BCUT2D eigenvalue weighted by molar-refractivity contribution is 0.705. The zero-order valence-electron chi connectivity index (χ0n) is 11.6. The van der Waals surface area contributed by atoms with Gasteiger partial charge in [-0.25, -0.2) is 4.98 Å². The molecule has 0 saturated heterocycles. The second-order valence-electron chi connectivity index (χ2n) is 4.98. The lowest BCUT2D eigenvalue weighted by Crippen LogP contribution is -2.09. The summed E-state index contributed by atoms with van der Waals surface area (Å²) in [5.74, 6) is 1.31. The maximum Gasteiger partial charge on any atom is 0.149 e. The third kappa shape index (κ3) is 3.71. The van der Waals surface area contributed by atoms with E-state index in [9.17, 15) is 0 Å². The molecule has 3 N–H and O–H groups in total. The summed E-state index contributed by atoms with van der Waals surface area (Å²) >= 11 is 0. The van der Waals surface area contributed by atoms with Crippen LogP contribution in [0.15, 0.2) is 42.6 Å². The number of anilines is 2. The third-order valence-corrected chi connectivity index (χ3v) is 3.29. The van der Waals surface area contributed by atoms with Crippen LogP contribution in [0, 0.1) is 6.92 Å². The quantitative estimate of drug-likeness (QED) is 0.858. The second kappa shape index (κ2) is 6.23. The number of nitrogen functional groups attached to an aromatic ring is 1. The molecule has 2 aromatic rings. The highest BCUT2D eigenvalue weighted by Crippen LogP contribution is 2.20. The van der Waals surface area contributed by atoms with E-state index in [4.69, 9.17) is 5.73 Å². The largest absolute Gasteiger partial charge is 0.396 e. The topological polar surface area (TPSA) is 50.9 Å². The van der Waals surface area contributed by atoms with E-state index >= 15 is 0 Å². The summed E-state index contributed by atoms with van der Waals surface area (Å²) in [4.78, 5) is 4.31. The molecule has 100 valence electrons. The first kappa shape index (κ1) is 13.4. The third-order valence-electron chi connectivity index (χ3n) is 3.29. The van der Waals surface area contributed by atoms with Crippen molar-refractivity contribution >= 4 is 11.5 Å². The summed E-state index contributed by atoms with van der Waals surface area (Å²) < 4.78 is 0. The molecule has 0 amide bonds. The fourth-order valence-electron chi connectivity index (χ4n) is 2.09. The number of aromatic nitrogens is 1. The van der Waals surface area contributed by atoms with E-state index in [1.54, 1.807) is 0 Å².